The van der Waals surface area contributed by atoms with Crippen LogP contribution in [0.25, 0.3) is 0 Å². The Kier molecular flexibility index (Phi) is 7.17. The van der Waals surface area contributed by atoms with Gasteiger partial charge in [0, 0.05) is 49.2 Å². The minimum Gasteiger partial charge on any atom is -0.381 e. The van der Waals surface area contributed by atoms with E-state index in [0.717, 1.165) is 45.1 Å². The summed E-state index contributed by atoms with van der Waals surface area (Å²) in [5.74, 6) is 0.921. The monoisotopic (exact) mass is 392 g/mol. The minimum absolute atomic E-state index is 0.145. The second kappa shape index (κ2) is 9.39. The molecule has 1 aromatic rings. The van der Waals surface area contributed by atoms with Crippen molar-refractivity contribution in [3.05, 3.63) is 22.4 Å². The molecule has 3 rings (SSSR count). The molecular formula is C21H36N4OS. The quantitative estimate of drug-likeness (QED) is 0.576. The summed E-state index contributed by atoms with van der Waals surface area (Å²) in [5.41, 5.74) is 0.411. The number of likely N-dealkylation sites (N-methyl/N-ethyl adjacent to an activating group) is 1. The Bertz CT molecular complexity index is 587. The lowest BCUT2D eigenvalue weighted by molar-refractivity contribution is -0.00502. The minimum atomic E-state index is 0.145. The summed E-state index contributed by atoms with van der Waals surface area (Å²) in [6.07, 6.45) is 8.69. The number of nitrogens with zero attached hydrogens (tertiary/aromatic N) is 2. The van der Waals surface area contributed by atoms with Crippen LogP contribution in [0.4, 0.5) is 0 Å². The van der Waals surface area contributed by atoms with E-state index >= 15 is 0 Å². The van der Waals surface area contributed by atoms with Crippen LogP contribution in [0.3, 0.4) is 0 Å². The maximum absolute atomic E-state index is 5.59. The Morgan fingerprint density at radius 1 is 1.11 bits per heavy atom. The van der Waals surface area contributed by atoms with E-state index in [1.807, 2.05) is 18.4 Å². The van der Waals surface area contributed by atoms with Gasteiger partial charge in [-0.3, -0.25) is 4.99 Å². The van der Waals surface area contributed by atoms with Gasteiger partial charge in [0.1, 0.15) is 0 Å². The van der Waals surface area contributed by atoms with Gasteiger partial charge in [0.2, 0.25) is 0 Å². The van der Waals surface area contributed by atoms with Crippen molar-refractivity contribution in [1.82, 2.24) is 15.5 Å². The van der Waals surface area contributed by atoms with E-state index in [9.17, 15) is 0 Å². The predicted molar refractivity (Wildman–Crippen MR) is 115 cm³/mol. The third-order valence-corrected chi connectivity index (χ3v) is 7.75. The standard InChI is InChI=1S/C21H36N4OS/c1-22-19(24-17-21(25(2)3)11-13-26-14-12-21)23-16-20(9-5-4-6-10-20)18-8-7-15-27-18/h7-8,15H,4-6,9-14,16-17H2,1-3H3,(H2,22,23,24). The fraction of sp³-hybridized carbons (Fsp3) is 0.762. The Hall–Kier alpha value is -1.11. The van der Waals surface area contributed by atoms with Crippen LogP contribution in [0.1, 0.15) is 49.8 Å². The summed E-state index contributed by atoms with van der Waals surface area (Å²) in [6, 6.07) is 4.51. The third-order valence-electron chi connectivity index (χ3n) is 6.63. The van der Waals surface area contributed by atoms with Crippen LogP contribution in [0.2, 0.25) is 0 Å². The highest BCUT2D eigenvalue weighted by Crippen LogP contribution is 2.41. The summed E-state index contributed by atoms with van der Waals surface area (Å²) in [5, 5.41) is 9.48. The maximum atomic E-state index is 5.59. The average molecular weight is 393 g/mol. The van der Waals surface area contributed by atoms with Crippen LogP contribution in [0.15, 0.2) is 22.5 Å². The number of ether oxygens (including phenoxy) is 1. The zero-order valence-corrected chi connectivity index (χ0v) is 18.0. The first kappa shape index (κ1) is 20.6. The van der Waals surface area contributed by atoms with Gasteiger partial charge >= 0.3 is 0 Å². The molecule has 152 valence electrons. The molecule has 2 heterocycles. The molecule has 5 nitrogen and oxygen atoms in total. The normalized spacial score (nSPS) is 22.6. The number of hydrogen-bond donors (Lipinski definition) is 2. The van der Waals surface area contributed by atoms with Crippen LogP contribution < -0.4 is 10.6 Å². The van der Waals surface area contributed by atoms with Gasteiger partial charge in [-0.1, -0.05) is 25.3 Å². The van der Waals surface area contributed by atoms with Gasteiger partial charge in [0.25, 0.3) is 0 Å². The van der Waals surface area contributed by atoms with E-state index in [1.165, 1.54) is 37.0 Å². The highest BCUT2D eigenvalue weighted by molar-refractivity contribution is 7.10. The maximum Gasteiger partial charge on any atom is 0.191 e. The number of hydrogen-bond acceptors (Lipinski definition) is 4. The SMILES string of the molecule is CN=C(NCC1(c2cccs2)CCCCC1)NCC1(N(C)C)CCOCC1. The molecular weight excluding hydrogens is 356 g/mol. The third kappa shape index (κ3) is 4.84. The van der Waals surface area contributed by atoms with Crippen molar-refractivity contribution in [2.45, 2.75) is 55.9 Å². The molecule has 2 fully saturated rings. The lowest BCUT2D eigenvalue weighted by Gasteiger charge is -2.43. The lowest BCUT2D eigenvalue weighted by atomic mass is 9.73. The van der Waals surface area contributed by atoms with Crippen LogP contribution in [-0.2, 0) is 10.2 Å². The molecule has 0 unspecified atom stereocenters. The van der Waals surface area contributed by atoms with E-state index in [1.54, 1.807) is 0 Å². The summed E-state index contributed by atoms with van der Waals surface area (Å²) in [4.78, 5) is 8.39. The Morgan fingerprint density at radius 2 is 1.81 bits per heavy atom. The molecule has 0 bridgehead atoms. The fourth-order valence-electron chi connectivity index (χ4n) is 4.57. The summed E-state index contributed by atoms with van der Waals surface area (Å²) >= 11 is 1.91. The van der Waals surface area contributed by atoms with Gasteiger partial charge in [-0.2, -0.15) is 0 Å². The molecule has 27 heavy (non-hydrogen) atoms. The van der Waals surface area contributed by atoms with E-state index in [-0.39, 0.29) is 11.0 Å². The lowest BCUT2D eigenvalue weighted by Crippen LogP contribution is -2.57. The second-order valence-corrected chi connectivity index (χ2v) is 9.28. The van der Waals surface area contributed by atoms with Crippen molar-refractivity contribution in [3.8, 4) is 0 Å². The summed E-state index contributed by atoms with van der Waals surface area (Å²) in [7, 11) is 6.23. The van der Waals surface area contributed by atoms with Crippen molar-refractivity contribution in [2.24, 2.45) is 4.99 Å². The molecule has 1 saturated carbocycles. The first-order chi connectivity index (χ1) is 13.1. The van der Waals surface area contributed by atoms with Crippen LogP contribution >= 0.6 is 11.3 Å². The average Bonchev–Trinajstić information content (AvgIpc) is 3.25. The Labute approximate surface area is 168 Å². The van der Waals surface area contributed by atoms with Crippen LogP contribution in [-0.4, -0.2) is 63.8 Å². The molecule has 1 aliphatic carbocycles. The van der Waals surface area contributed by atoms with Gasteiger partial charge in [-0.25, -0.2) is 0 Å². The van der Waals surface area contributed by atoms with Gasteiger partial charge in [-0.15, -0.1) is 11.3 Å². The molecule has 2 N–H and O–H groups in total. The highest BCUT2D eigenvalue weighted by atomic mass is 32.1. The van der Waals surface area contributed by atoms with Crippen molar-refractivity contribution in [1.29, 1.82) is 0 Å². The zero-order chi connectivity index (χ0) is 19.2. The van der Waals surface area contributed by atoms with Gasteiger partial charge < -0.3 is 20.3 Å². The molecule has 0 aromatic carbocycles. The number of aliphatic imine (C=N–C) groups is 1. The summed E-state index contributed by atoms with van der Waals surface area (Å²) < 4.78 is 5.59. The molecule has 0 atom stereocenters. The molecule has 0 amide bonds. The molecule has 1 aliphatic heterocycles. The molecule has 1 saturated heterocycles. The van der Waals surface area contributed by atoms with Crippen molar-refractivity contribution >= 4 is 17.3 Å². The number of nitrogens with one attached hydrogen (secondary N) is 2. The van der Waals surface area contributed by atoms with Crippen molar-refractivity contribution in [2.75, 3.05) is 47.4 Å². The topological polar surface area (TPSA) is 48.9 Å². The largest absolute Gasteiger partial charge is 0.381 e. The molecule has 1 aromatic heterocycles. The predicted octanol–water partition coefficient (Wildman–Crippen LogP) is 3.23. The second-order valence-electron chi connectivity index (χ2n) is 8.33. The van der Waals surface area contributed by atoms with Gasteiger partial charge in [-0.05, 0) is 51.2 Å². The summed E-state index contributed by atoms with van der Waals surface area (Å²) in [6.45, 7) is 3.54. The molecule has 0 spiro atoms. The molecule has 0 radical (unpaired) electrons. The van der Waals surface area contributed by atoms with Crippen LogP contribution in [0.5, 0.6) is 0 Å². The number of thiophene rings is 1. The van der Waals surface area contributed by atoms with E-state index < -0.39 is 0 Å². The van der Waals surface area contributed by atoms with Crippen LogP contribution in [0, 0.1) is 0 Å². The van der Waals surface area contributed by atoms with Crippen molar-refractivity contribution in [3.63, 3.8) is 0 Å². The molecule has 2 aliphatic rings. The highest BCUT2D eigenvalue weighted by Gasteiger charge is 2.36. The zero-order valence-electron chi connectivity index (χ0n) is 17.2. The van der Waals surface area contributed by atoms with E-state index in [2.05, 4.69) is 52.1 Å². The van der Waals surface area contributed by atoms with E-state index in [0.29, 0.717) is 0 Å². The first-order valence-electron chi connectivity index (χ1n) is 10.3. The fourth-order valence-corrected chi connectivity index (χ4v) is 5.56. The van der Waals surface area contributed by atoms with Gasteiger partial charge in [0.05, 0.1) is 0 Å². The smallest absolute Gasteiger partial charge is 0.191 e. The Balaban J connectivity index is 1.61. The molecule has 6 heteroatoms. The van der Waals surface area contributed by atoms with Crippen molar-refractivity contribution < 1.29 is 4.74 Å². The van der Waals surface area contributed by atoms with E-state index in [4.69, 9.17) is 4.74 Å². The Morgan fingerprint density at radius 3 is 2.41 bits per heavy atom. The number of guanidine groups is 1. The number of rotatable bonds is 6. The van der Waals surface area contributed by atoms with Gasteiger partial charge in [0.15, 0.2) is 5.96 Å². The first-order valence-corrected chi connectivity index (χ1v) is 11.2.